The Morgan fingerprint density at radius 2 is 2.00 bits per heavy atom. The van der Waals surface area contributed by atoms with Gasteiger partial charge in [-0.05, 0) is 43.3 Å². The van der Waals surface area contributed by atoms with Crippen molar-refractivity contribution in [2.75, 3.05) is 5.32 Å². The van der Waals surface area contributed by atoms with Gasteiger partial charge >= 0.3 is 0 Å². The summed E-state index contributed by atoms with van der Waals surface area (Å²) in [4.78, 5) is 32.5. The summed E-state index contributed by atoms with van der Waals surface area (Å²) in [6.45, 7) is 1.92. The van der Waals surface area contributed by atoms with Crippen molar-refractivity contribution in [1.29, 1.82) is 0 Å². The van der Waals surface area contributed by atoms with E-state index in [0.717, 1.165) is 10.4 Å². The first-order chi connectivity index (χ1) is 13.0. The molecule has 0 unspecified atom stereocenters. The van der Waals surface area contributed by atoms with Crippen LogP contribution < -0.4 is 10.9 Å². The summed E-state index contributed by atoms with van der Waals surface area (Å²) in [5, 5.41) is 5.85. The van der Waals surface area contributed by atoms with Gasteiger partial charge in [-0.3, -0.25) is 14.2 Å². The first kappa shape index (κ1) is 17.9. The van der Waals surface area contributed by atoms with E-state index in [1.165, 1.54) is 27.1 Å². The molecule has 0 saturated heterocycles. The summed E-state index contributed by atoms with van der Waals surface area (Å²) in [5.74, 6) is -0.302. The Hall–Kier alpha value is -2.48. The lowest BCUT2D eigenvalue weighted by atomic mass is 10.2. The van der Waals surface area contributed by atoms with Crippen LogP contribution >= 0.6 is 34.3 Å². The Morgan fingerprint density at radius 3 is 2.70 bits per heavy atom. The van der Waals surface area contributed by atoms with E-state index in [0.29, 0.717) is 20.9 Å². The minimum Gasteiger partial charge on any atom is -0.325 e. The Morgan fingerprint density at radius 1 is 1.22 bits per heavy atom. The van der Waals surface area contributed by atoms with E-state index in [4.69, 9.17) is 11.6 Å². The van der Waals surface area contributed by atoms with Crippen LogP contribution in [0.1, 0.15) is 4.88 Å². The lowest BCUT2D eigenvalue weighted by molar-refractivity contribution is -0.116. The number of hydrogen-bond donors (Lipinski definition) is 1. The molecule has 1 N–H and O–H groups in total. The number of anilines is 1. The number of hydrogen-bond acceptors (Lipinski definition) is 5. The summed E-state index contributed by atoms with van der Waals surface area (Å²) >= 11 is 8.91. The minimum atomic E-state index is -0.302. The number of nitrogens with one attached hydrogen (secondary N) is 1. The Kier molecular flexibility index (Phi) is 4.82. The maximum atomic E-state index is 13.0. The van der Waals surface area contributed by atoms with E-state index in [-0.39, 0.29) is 18.0 Å². The molecule has 1 aromatic carbocycles. The monoisotopic (exact) mass is 415 g/mol. The largest absolute Gasteiger partial charge is 0.325 e. The number of carbonyl (C=O) groups excluding carboxylic acids is 1. The first-order valence-corrected chi connectivity index (χ1v) is 10.2. The van der Waals surface area contributed by atoms with Crippen LogP contribution in [0.4, 0.5) is 5.69 Å². The van der Waals surface area contributed by atoms with Crippen molar-refractivity contribution in [3.05, 3.63) is 68.4 Å². The third kappa shape index (κ3) is 3.66. The standard InChI is InChI=1S/C19H14ClN3O2S2/c1-11-2-7-15(27-11)14-9-26-18-17(14)19(25)23(10-21-18)8-16(24)22-13-5-3-12(20)4-6-13/h2-7,9-10H,8H2,1H3,(H,22,24). The third-order valence-electron chi connectivity index (χ3n) is 4.01. The number of thiophene rings is 2. The van der Waals surface area contributed by atoms with Gasteiger partial charge in [-0.15, -0.1) is 22.7 Å². The average Bonchev–Trinajstić information content (AvgIpc) is 3.26. The molecule has 5 nitrogen and oxygen atoms in total. The zero-order valence-electron chi connectivity index (χ0n) is 14.2. The summed E-state index contributed by atoms with van der Waals surface area (Å²) in [7, 11) is 0. The van der Waals surface area contributed by atoms with Crippen molar-refractivity contribution in [3.63, 3.8) is 0 Å². The van der Waals surface area contributed by atoms with E-state index in [2.05, 4.69) is 10.3 Å². The van der Waals surface area contributed by atoms with Crippen LogP contribution in [0.3, 0.4) is 0 Å². The summed E-state index contributed by atoms with van der Waals surface area (Å²) in [6.07, 6.45) is 1.42. The zero-order valence-corrected chi connectivity index (χ0v) is 16.6. The molecule has 4 aromatic rings. The molecule has 3 aromatic heterocycles. The molecule has 0 saturated carbocycles. The van der Waals surface area contributed by atoms with Crippen LogP contribution in [0.15, 0.2) is 52.9 Å². The molecule has 0 fully saturated rings. The highest BCUT2D eigenvalue weighted by molar-refractivity contribution is 7.19. The number of carbonyl (C=O) groups is 1. The number of nitrogens with zero attached hydrogens (tertiary/aromatic N) is 2. The minimum absolute atomic E-state index is 0.108. The van der Waals surface area contributed by atoms with Crippen LogP contribution in [0, 0.1) is 6.92 Å². The van der Waals surface area contributed by atoms with Crippen LogP contribution in [-0.4, -0.2) is 15.5 Å². The van der Waals surface area contributed by atoms with Crippen molar-refractivity contribution < 1.29 is 4.79 Å². The number of benzene rings is 1. The van der Waals surface area contributed by atoms with Crippen molar-refractivity contribution in [2.24, 2.45) is 0 Å². The van der Waals surface area contributed by atoms with Gasteiger partial charge in [0.25, 0.3) is 5.56 Å². The summed E-state index contributed by atoms with van der Waals surface area (Å²) in [6, 6.07) is 10.8. The van der Waals surface area contributed by atoms with Gasteiger partial charge in [0.2, 0.25) is 5.91 Å². The number of rotatable bonds is 4. The molecule has 4 rings (SSSR count). The maximum Gasteiger partial charge on any atom is 0.263 e. The molecular formula is C19H14ClN3O2S2. The van der Waals surface area contributed by atoms with Gasteiger partial charge in [-0.2, -0.15) is 0 Å². The number of fused-ring (bicyclic) bond motifs is 1. The number of halogens is 1. The molecule has 0 atom stereocenters. The SMILES string of the molecule is Cc1ccc(-c2csc3ncn(CC(=O)Nc4ccc(Cl)cc4)c(=O)c23)s1. The van der Waals surface area contributed by atoms with Gasteiger partial charge in [-0.1, -0.05) is 11.6 Å². The highest BCUT2D eigenvalue weighted by Gasteiger charge is 2.15. The van der Waals surface area contributed by atoms with Crippen molar-refractivity contribution >= 4 is 56.1 Å². The lowest BCUT2D eigenvalue weighted by Gasteiger charge is -2.07. The molecular weight excluding hydrogens is 402 g/mol. The van der Waals surface area contributed by atoms with E-state index < -0.39 is 0 Å². The first-order valence-electron chi connectivity index (χ1n) is 8.10. The fourth-order valence-electron chi connectivity index (χ4n) is 2.73. The molecule has 27 heavy (non-hydrogen) atoms. The molecule has 0 radical (unpaired) electrons. The van der Waals surface area contributed by atoms with Crippen LogP contribution in [0.25, 0.3) is 20.7 Å². The predicted octanol–water partition coefficient (Wildman–Crippen LogP) is 4.79. The number of aromatic nitrogens is 2. The van der Waals surface area contributed by atoms with Crippen molar-refractivity contribution in [3.8, 4) is 10.4 Å². The van der Waals surface area contributed by atoms with E-state index in [1.54, 1.807) is 35.6 Å². The predicted molar refractivity (Wildman–Crippen MR) is 112 cm³/mol. The second kappa shape index (κ2) is 7.26. The number of aryl methyl sites for hydroxylation is 1. The Balaban J connectivity index is 1.64. The fourth-order valence-corrected chi connectivity index (χ4v) is 4.72. The van der Waals surface area contributed by atoms with Crippen LogP contribution in [-0.2, 0) is 11.3 Å². The quantitative estimate of drug-likeness (QED) is 0.521. The van der Waals surface area contributed by atoms with Gasteiger partial charge in [0.05, 0.1) is 11.7 Å². The highest BCUT2D eigenvalue weighted by Crippen LogP contribution is 2.34. The van der Waals surface area contributed by atoms with Crippen molar-refractivity contribution in [2.45, 2.75) is 13.5 Å². The molecule has 8 heteroatoms. The molecule has 1 amide bonds. The van der Waals surface area contributed by atoms with Gasteiger partial charge < -0.3 is 5.32 Å². The molecule has 3 heterocycles. The molecule has 0 aliphatic rings. The molecule has 0 spiro atoms. The highest BCUT2D eigenvalue weighted by atomic mass is 35.5. The Bertz CT molecular complexity index is 1190. The van der Waals surface area contributed by atoms with E-state index in [9.17, 15) is 9.59 Å². The molecule has 0 bridgehead atoms. The fraction of sp³-hybridized carbons (Fsp3) is 0.105. The van der Waals surface area contributed by atoms with Crippen molar-refractivity contribution in [1.82, 2.24) is 9.55 Å². The number of amides is 1. The van der Waals surface area contributed by atoms with E-state index >= 15 is 0 Å². The Labute approximate surface area is 167 Å². The summed E-state index contributed by atoms with van der Waals surface area (Å²) < 4.78 is 1.34. The normalized spacial score (nSPS) is 11.0. The topological polar surface area (TPSA) is 64.0 Å². The van der Waals surface area contributed by atoms with Gasteiger partial charge in [0.1, 0.15) is 11.4 Å². The van der Waals surface area contributed by atoms with Crippen LogP contribution in [0.2, 0.25) is 5.02 Å². The van der Waals surface area contributed by atoms with Crippen LogP contribution in [0.5, 0.6) is 0 Å². The maximum absolute atomic E-state index is 13.0. The van der Waals surface area contributed by atoms with E-state index in [1.807, 2.05) is 24.4 Å². The second-order valence-electron chi connectivity index (χ2n) is 5.97. The average molecular weight is 416 g/mol. The van der Waals surface area contributed by atoms with Gasteiger partial charge in [0, 0.05) is 31.4 Å². The summed E-state index contributed by atoms with van der Waals surface area (Å²) in [5.41, 5.74) is 1.28. The smallest absolute Gasteiger partial charge is 0.263 e. The second-order valence-corrected chi connectivity index (χ2v) is 8.55. The molecule has 0 aliphatic carbocycles. The van der Waals surface area contributed by atoms with Gasteiger partial charge in [0.15, 0.2) is 0 Å². The molecule has 136 valence electrons. The molecule has 0 aliphatic heterocycles. The van der Waals surface area contributed by atoms with Gasteiger partial charge in [-0.25, -0.2) is 4.98 Å². The zero-order chi connectivity index (χ0) is 19.0. The lowest BCUT2D eigenvalue weighted by Crippen LogP contribution is -2.27. The third-order valence-corrected chi connectivity index (χ3v) is 6.18.